The fourth-order valence-electron chi connectivity index (χ4n) is 0.223. The van der Waals surface area contributed by atoms with Crippen molar-refractivity contribution >= 4 is 16.3 Å². The summed E-state index contributed by atoms with van der Waals surface area (Å²) in [6.07, 6.45) is 0. The maximum absolute atomic E-state index is 10.3. The van der Waals surface area contributed by atoms with Gasteiger partial charge in [0.2, 0.25) is 5.91 Å². The molecule has 0 fully saturated rings. The molecule has 0 spiro atoms. The van der Waals surface area contributed by atoms with Crippen LogP contribution in [0.1, 0.15) is 13.8 Å². The Kier molecular flexibility index (Phi) is 2.67. The molecule has 0 unspecified atom stereocenters. The number of rotatable bonds is 1. The van der Waals surface area contributed by atoms with Gasteiger partial charge >= 0.3 is 0 Å². The van der Waals surface area contributed by atoms with Crippen LogP contribution in [0, 0.1) is 0 Å². The van der Waals surface area contributed by atoms with E-state index < -0.39 is 0 Å². The van der Waals surface area contributed by atoms with Gasteiger partial charge in [-0.2, -0.15) is 0 Å². The summed E-state index contributed by atoms with van der Waals surface area (Å²) in [4.78, 5) is 10.3. The molecular formula is C4H10NOSi. The second-order valence-electron chi connectivity index (χ2n) is 1.38. The van der Waals surface area contributed by atoms with E-state index >= 15 is 0 Å². The molecule has 3 heteroatoms. The van der Waals surface area contributed by atoms with Crippen molar-refractivity contribution in [1.29, 1.82) is 0 Å². The summed E-state index contributed by atoms with van der Waals surface area (Å²) in [6, 6.07) is 0. The van der Waals surface area contributed by atoms with Crippen molar-refractivity contribution in [3.05, 3.63) is 0 Å². The molecular weight excluding hydrogens is 106 g/mol. The summed E-state index contributed by atoms with van der Waals surface area (Å²) in [5.41, 5.74) is 0. The first kappa shape index (κ1) is 6.69. The first-order valence-corrected chi connectivity index (χ1v) is 2.90. The van der Waals surface area contributed by atoms with Crippen molar-refractivity contribution in [3.63, 3.8) is 0 Å². The Balaban J connectivity index is 3.34. The lowest BCUT2D eigenvalue weighted by Gasteiger charge is -2.09. The second-order valence-corrected chi connectivity index (χ2v) is 2.14. The summed E-state index contributed by atoms with van der Waals surface area (Å²) < 4.78 is 1.68. The van der Waals surface area contributed by atoms with E-state index in [0.29, 0.717) is 0 Å². The Morgan fingerprint density at radius 2 is 2.29 bits per heavy atom. The first-order chi connectivity index (χ1) is 3.18. The van der Waals surface area contributed by atoms with Crippen LogP contribution >= 0.6 is 0 Å². The van der Waals surface area contributed by atoms with Gasteiger partial charge in [0.15, 0.2) is 0 Å². The van der Waals surface area contributed by atoms with Crippen molar-refractivity contribution < 1.29 is 4.79 Å². The molecule has 0 aromatic rings. The first-order valence-electron chi connectivity index (χ1n) is 2.27. The fourth-order valence-corrected chi connectivity index (χ4v) is 0.223. The highest BCUT2D eigenvalue weighted by Gasteiger charge is 1.93. The molecule has 0 heterocycles. The standard InChI is InChI=1S/C4H10NOSi/c1-3-5(7)4(2)6/h3,7H2,1-2H3. The number of nitrogens with zero attached hydrogens (tertiary/aromatic N) is 1. The second kappa shape index (κ2) is 2.79. The van der Waals surface area contributed by atoms with Gasteiger partial charge in [-0.15, -0.1) is 0 Å². The minimum absolute atomic E-state index is 0.140. The summed E-state index contributed by atoms with van der Waals surface area (Å²) in [5.74, 6) is 0.140. The summed E-state index contributed by atoms with van der Waals surface area (Å²) >= 11 is 0. The molecule has 1 radical (unpaired) electrons. The van der Waals surface area contributed by atoms with E-state index in [1.54, 1.807) is 21.9 Å². The van der Waals surface area contributed by atoms with Crippen LogP contribution in [0.4, 0.5) is 0 Å². The normalized spacial score (nSPS) is 8.43. The zero-order valence-corrected chi connectivity index (χ0v) is 6.18. The van der Waals surface area contributed by atoms with E-state index in [1.165, 1.54) is 0 Å². The molecule has 0 N–H and O–H groups in total. The molecule has 0 saturated carbocycles. The van der Waals surface area contributed by atoms with Gasteiger partial charge in [0.25, 0.3) is 0 Å². The van der Waals surface area contributed by atoms with E-state index in [-0.39, 0.29) is 5.91 Å². The van der Waals surface area contributed by atoms with Crippen molar-refractivity contribution in [2.24, 2.45) is 0 Å². The van der Waals surface area contributed by atoms with Crippen LogP contribution < -0.4 is 0 Å². The lowest BCUT2D eigenvalue weighted by atomic mass is 10.6. The van der Waals surface area contributed by atoms with Crippen molar-refractivity contribution in [3.8, 4) is 0 Å². The predicted molar refractivity (Wildman–Crippen MR) is 31.6 cm³/mol. The highest BCUT2D eigenvalue weighted by Crippen LogP contribution is 1.76. The molecule has 0 aromatic heterocycles. The Morgan fingerprint density at radius 1 is 1.86 bits per heavy atom. The monoisotopic (exact) mass is 116 g/mol. The third kappa shape index (κ3) is 2.39. The SMILES string of the molecule is CCN([SiH2])C(C)=O. The average molecular weight is 116 g/mol. The molecule has 0 aliphatic carbocycles. The van der Waals surface area contributed by atoms with Crippen molar-refractivity contribution in [2.75, 3.05) is 6.54 Å². The van der Waals surface area contributed by atoms with Gasteiger partial charge in [-0.25, -0.2) is 0 Å². The van der Waals surface area contributed by atoms with E-state index in [9.17, 15) is 4.79 Å². The fraction of sp³-hybridized carbons (Fsp3) is 0.750. The maximum Gasteiger partial charge on any atom is 0.211 e. The van der Waals surface area contributed by atoms with E-state index in [1.807, 2.05) is 6.92 Å². The average Bonchev–Trinajstić information content (AvgIpc) is 1.65. The molecule has 0 aliphatic rings. The van der Waals surface area contributed by atoms with Crippen LogP contribution in [0.2, 0.25) is 0 Å². The smallest absolute Gasteiger partial charge is 0.211 e. The van der Waals surface area contributed by atoms with Crippen LogP contribution in [0.25, 0.3) is 0 Å². The maximum atomic E-state index is 10.3. The Labute approximate surface area is 47.0 Å². The van der Waals surface area contributed by atoms with Crippen molar-refractivity contribution in [2.45, 2.75) is 13.8 Å². The minimum atomic E-state index is 0.140. The van der Waals surface area contributed by atoms with E-state index in [4.69, 9.17) is 0 Å². The molecule has 2 nitrogen and oxygen atoms in total. The quantitative estimate of drug-likeness (QED) is 0.419. The molecule has 1 amide bonds. The molecule has 0 aliphatic heterocycles. The van der Waals surface area contributed by atoms with Crippen molar-refractivity contribution in [1.82, 2.24) is 4.57 Å². The number of carbonyl (C=O) groups is 1. The minimum Gasteiger partial charge on any atom is -0.376 e. The highest BCUT2D eigenvalue weighted by molar-refractivity contribution is 6.13. The lowest BCUT2D eigenvalue weighted by molar-refractivity contribution is -0.124. The zero-order chi connectivity index (χ0) is 5.86. The van der Waals surface area contributed by atoms with Crippen LogP contribution in [0.3, 0.4) is 0 Å². The lowest BCUT2D eigenvalue weighted by Crippen LogP contribution is -2.24. The van der Waals surface area contributed by atoms with Gasteiger partial charge < -0.3 is 4.57 Å². The third-order valence-corrected chi connectivity index (χ3v) is 1.72. The summed E-state index contributed by atoms with van der Waals surface area (Å²) in [6.45, 7) is 4.33. The van der Waals surface area contributed by atoms with Crippen LogP contribution in [0.5, 0.6) is 0 Å². The van der Waals surface area contributed by atoms with E-state index in [2.05, 4.69) is 0 Å². The van der Waals surface area contributed by atoms with E-state index in [0.717, 1.165) is 6.54 Å². The van der Waals surface area contributed by atoms with Crippen LogP contribution in [-0.4, -0.2) is 27.4 Å². The number of hydrogen-bond acceptors (Lipinski definition) is 1. The predicted octanol–water partition coefficient (Wildman–Crippen LogP) is -0.597. The van der Waals surface area contributed by atoms with Gasteiger partial charge in [0, 0.05) is 13.5 Å². The molecule has 0 bridgehead atoms. The summed E-state index contributed by atoms with van der Waals surface area (Å²) in [5, 5.41) is 0. The van der Waals surface area contributed by atoms with Gasteiger partial charge in [-0.3, -0.25) is 4.79 Å². The largest absolute Gasteiger partial charge is 0.376 e. The number of hydrogen-bond donors (Lipinski definition) is 0. The van der Waals surface area contributed by atoms with Gasteiger partial charge in [-0.1, -0.05) is 0 Å². The molecule has 0 rings (SSSR count). The zero-order valence-electron chi connectivity index (χ0n) is 4.77. The molecule has 7 heavy (non-hydrogen) atoms. The number of amides is 1. The van der Waals surface area contributed by atoms with Gasteiger partial charge in [0.05, 0.1) is 0 Å². The Hall–Kier alpha value is -0.313. The van der Waals surface area contributed by atoms with Crippen LogP contribution in [0.15, 0.2) is 0 Å². The topological polar surface area (TPSA) is 20.3 Å². The summed E-state index contributed by atoms with van der Waals surface area (Å²) in [7, 11) is 1.60. The Morgan fingerprint density at radius 3 is 2.29 bits per heavy atom. The van der Waals surface area contributed by atoms with Crippen LogP contribution in [-0.2, 0) is 4.79 Å². The molecule has 0 aromatic carbocycles. The Bertz CT molecular complexity index is 74.1. The molecule has 41 valence electrons. The van der Waals surface area contributed by atoms with Gasteiger partial charge in [0.1, 0.15) is 10.4 Å². The highest BCUT2D eigenvalue weighted by atomic mass is 28.2. The molecule has 0 saturated heterocycles. The third-order valence-electron chi connectivity index (χ3n) is 0.827. The number of carbonyl (C=O) groups excluding carboxylic acids is 1. The van der Waals surface area contributed by atoms with Gasteiger partial charge in [-0.05, 0) is 6.92 Å². The molecule has 0 atom stereocenters.